The number of fused-ring (bicyclic) bond motifs is 1. The highest BCUT2D eigenvalue weighted by Crippen LogP contribution is 2.36. The maximum absolute atomic E-state index is 4.79. The number of nitrogens with zero attached hydrogens (tertiary/aromatic N) is 4. The molecular weight excluding hydrogens is 344 g/mol. The zero-order chi connectivity index (χ0) is 18.9. The van der Waals surface area contributed by atoms with Gasteiger partial charge in [-0.2, -0.15) is 0 Å². The van der Waals surface area contributed by atoms with Gasteiger partial charge in [-0.3, -0.25) is 0 Å². The van der Waals surface area contributed by atoms with Crippen molar-refractivity contribution in [2.24, 2.45) is 5.92 Å². The molecule has 28 heavy (non-hydrogen) atoms. The Bertz CT molecular complexity index is 1000. The smallest absolute Gasteiger partial charge is 0.0989 e. The summed E-state index contributed by atoms with van der Waals surface area (Å²) in [6.45, 7) is 2.30. The summed E-state index contributed by atoms with van der Waals surface area (Å²) in [7, 11) is 0. The molecule has 144 valence electrons. The molecule has 4 heteroatoms. The summed E-state index contributed by atoms with van der Waals surface area (Å²) in [5.74, 6) is 1.05. The van der Waals surface area contributed by atoms with Crippen molar-refractivity contribution in [2.45, 2.75) is 57.4 Å². The molecule has 2 heterocycles. The van der Waals surface area contributed by atoms with Gasteiger partial charge in [-0.1, -0.05) is 50.5 Å². The fraction of sp³-hybridized carbons (Fsp3) is 0.417. The Morgan fingerprint density at radius 2 is 1.96 bits per heavy atom. The third kappa shape index (κ3) is 3.11. The number of aromatic nitrogens is 4. The normalized spacial score (nSPS) is 23.7. The van der Waals surface area contributed by atoms with Gasteiger partial charge >= 0.3 is 0 Å². The lowest BCUT2D eigenvalue weighted by atomic mass is 9.84. The molecule has 3 aromatic rings. The molecule has 1 fully saturated rings. The molecule has 2 aromatic heterocycles. The first-order valence-electron chi connectivity index (χ1n) is 10.6. The van der Waals surface area contributed by atoms with E-state index in [1.807, 2.05) is 25.0 Å². The average Bonchev–Trinajstić information content (AvgIpc) is 3.37. The molecule has 2 aliphatic carbocycles. The van der Waals surface area contributed by atoms with E-state index in [4.69, 9.17) is 4.98 Å². The van der Waals surface area contributed by atoms with E-state index in [9.17, 15) is 0 Å². The van der Waals surface area contributed by atoms with Crippen LogP contribution < -0.4 is 0 Å². The highest BCUT2D eigenvalue weighted by atomic mass is 15.1. The second kappa shape index (κ2) is 7.42. The highest BCUT2D eigenvalue weighted by Gasteiger charge is 2.24. The van der Waals surface area contributed by atoms with E-state index in [0.717, 1.165) is 17.9 Å². The predicted molar refractivity (Wildman–Crippen MR) is 114 cm³/mol. The number of hydrogen-bond acceptors (Lipinski definition) is 2. The molecule has 0 amide bonds. The van der Waals surface area contributed by atoms with E-state index in [-0.39, 0.29) is 6.04 Å². The van der Waals surface area contributed by atoms with Gasteiger partial charge in [0.05, 0.1) is 29.7 Å². The van der Waals surface area contributed by atoms with Crippen LogP contribution in [0.25, 0.3) is 16.7 Å². The maximum Gasteiger partial charge on any atom is 0.0989 e. The molecule has 1 saturated carbocycles. The highest BCUT2D eigenvalue weighted by molar-refractivity contribution is 5.76. The molecule has 1 aromatic carbocycles. The molecule has 5 rings (SSSR count). The van der Waals surface area contributed by atoms with Crippen molar-refractivity contribution in [1.82, 2.24) is 19.1 Å². The number of imidazole rings is 2. The first-order chi connectivity index (χ1) is 13.8. The lowest BCUT2D eigenvalue weighted by Gasteiger charge is -2.25. The van der Waals surface area contributed by atoms with Gasteiger partial charge in [0.25, 0.3) is 0 Å². The van der Waals surface area contributed by atoms with Crippen molar-refractivity contribution >= 4 is 16.7 Å². The van der Waals surface area contributed by atoms with E-state index < -0.39 is 0 Å². The van der Waals surface area contributed by atoms with Gasteiger partial charge in [-0.05, 0) is 42.9 Å². The van der Waals surface area contributed by atoms with E-state index in [0.29, 0.717) is 5.92 Å². The fourth-order valence-corrected chi connectivity index (χ4v) is 5.00. The monoisotopic (exact) mass is 372 g/mol. The summed E-state index contributed by atoms with van der Waals surface area (Å²) < 4.78 is 4.49. The lowest BCUT2D eigenvalue weighted by Crippen LogP contribution is -2.17. The SMILES string of the molecule is CC1C(n2ccnc2)=CCC=CC1n1cnc2cc(C3CCCCC3)ccc21. The Kier molecular flexibility index (Phi) is 4.63. The van der Waals surface area contributed by atoms with Gasteiger partial charge in [0.1, 0.15) is 0 Å². The predicted octanol–water partition coefficient (Wildman–Crippen LogP) is 5.96. The quantitative estimate of drug-likeness (QED) is 0.532. The Balaban J connectivity index is 1.49. The molecular formula is C24H28N4. The van der Waals surface area contributed by atoms with Crippen LogP contribution in [0.2, 0.25) is 0 Å². The Morgan fingerprint density at radius 3 is 2.79 bits per heavy atom. The van der Waals surface area contributed by atoms with Crippen LogP contribution in [0.1, 0.15) is 63.0 Å². The van der Waals surface area contributed by atoms with Crippen LogP contribution in [0.5, 0.6) is 0 Å². The average molecular weight is 373 g/mol. The van der Waals surface area contributed by atoms with Gasteiger partial charge in [-0.15, -0.1) is 0 Å². The summed E-state index contributed by atoms with van der Waals surface area (Å²) in [6.07, 6.45) is 22.5. The second-order valence-electron chi connectivity index (χ2n) is 8.28. The maximum atomic E-state index is 4.79. The number of hydrogen-bond donors (Lipinski definition) is 0. The zero-order valence-electron chi connectivity index (χ0n) is 16.5. The van der Waals surface area contributed by atoms with Gasteiger partial charge in [0.2, 0.25) is 0 Å². The Hall–Kier alpha value is -2.62. The van der Waals surface area contributed by atoms with Crippen LogP contribution in [-0.2, 0) is 0 Å². The van der Waals surface area contributed by atoms with E-state index in [1.54, 1.807) is 0 Å². The van der Waals surface area contributed by atoms with Crippen molar-refractivity contribution in [3.8, 4) is 0 Å². The van der Waals surface area contributed by atoms with Crippen LogP contribution in [0, 0.1) is 5.92 Å². The summed E-state index contributed by atoms with van der Waals surface area (Å²) in [4.78, 5) is 9.03. The van der Waals surface area contributed by atoms with Crippen LogP contribution >= 0.6 is 0 Å². The van der Waals surface area contributed by atoms with Crippen molar-refractivity contribution in [3.05, 3.63) is 67.0 Å². The first kappa shape index (κ1) is 17.5. The van der Waals surface area contributed by atoms with E-state index in [2.05, 4.69) is 57.5 Å². The van der Waals surface area contributed by atoms with Gasteiger partial charge in [-0.25, -0.2) is 9.97 Å². The molecule has 0 aliphatic heterocycles. The minimum atomic E-state index is 0.252. The standard InChI is InChI=1S/C24H28N4/c1-18-22(27-14-13-25-16-27)9-5-6-10-23(18)28-17-26-21-15-20(11-12-24(21)28)19-7-3-2-4-8-19/h6,9-19,23H,2-5,7-8H2,1H3. The summed E-state index contributed by atoms with van der Waals surface area (Å²) in [5, 5.41) is 0. The van der Waals surface area contributed by atoms with E-state index in [1.165, 1.54) is 48.9 Å². The lowest BCUT2D eigenvalue weighted by molar-refractivity contribution is 0.444. The van der Waals surface area contributed by atoms with Crippen LogP contribution in [-0.4, -0.2) is 19.1 Å². The molecule has 2 unspecified atom stereocenters. The number of allylic oxidation sites excluding steroid dienone is 4. The molecule has 4 nitrogen and oxygen atoms in total. The second-order valence-corrected chi connectivity index (χ2v) is 8.28. The minimum absolute atomic E-state index is 0.252. The summed E-state index contributed by atoms with van der Waals surface area (Å²) in [5.41, 5.74) is 5.13. The van der Waals surface area contributed by atoms with Crippen LogP contribution in [0.15, 0.2) is 61.5 Å². The minimum Gasteiger partial charge on any atom is -0.323 e. The Morgan fingerprint density at radius 1 is 1.07 bits per heavy atom. The molecule has 0 spiro atoms. The molecule has 0 saturated heterocycles. The topological polar surface area (TPSA) is 35.6 Å². The first-order valence-corrected chi connectivity index (χ1v) is 10.6. The third-order valence-electron chi connectivity index (χ3n) is 6.57. The fourth-order valence-electron chi connectivity index (χ4n) is 5.00. The molecule has 2 atom stereocenters. The third-order valence-corrected chi connectivity index (χ3v) is 6.57. The molecule has 0 radical (unpaired) electrons. The van der Waals surface area contributed by atoms with Crippen LogP contribution in [0.3, 0.4) is 0 Å². The largest absolute Gasteiger partial charge is 0.323 e. The van der Waals surface area contributed by atoms with Crippen molar-refractivity contribution in [3.63, 3.8) is 0 Å². The molecule has 0 bridgehead atoms. The van der Waals surface area contributed by atoms with Crippen molar-refractivity contribution in [2.75, 3.05) is 0 Å². The van der Waals surface area contributed by atoms with E-state index >= 15 is 0 Å². The van der Waals surface area contributed by atoms with Crippen molar-refractivity contribution in [1.29, 1.82) is 0 Å². The van der Waals surface area contributed by atoms with Crippen molar-refractivity contribution < 1.29 is 0 Å². The summed E-state index contributed by atoms with van der Waals surface area (Å²) in [6, 6.07) is 7.22. The van der Waals surface area contributed by atoms with Crippen LogP contribution in [0.4, 0.5) is 0 Å². The molecule has 0 N–H and O–H groups in total. The van der Waals surface area contributed by atoms with Gasteiger partial charge in [0, 0.05) is 24.0 Å². The molecule has 2 aliphatic rings. The summed E-state index contributed by atoms with van der Waals surface area (Å²) >= 11 is 0. The number of rotatable bonds is 3. The zero-order valence-corrected chi connectivity index (χ0v) is 16.5. The van der Waals surface area contributed by atoms with Gasteiger partial charge in [0.15, 0.2) is 0 Å². The number of benzene rings is 1. The Labute approximate surface area is 166 Å². The van der Waals surface area contributed by atoms with Gasteiger partial charge < -0.3 is 9.13 Å².